The van der Waals surface area contributed by atoms with Gasteiger partial charge in [-0.15, -0.1) is 0 Å². The lowest BCUT2D eigenvalue weighted by Gasteiger charge is -2.19. The third-order valence-electron chi connectivity index (χ3n) is 3.58. The van der Waals surface area contributed by atoms with E-state index >= 15 is 0 Å². The summed E-state index contributed by atoms with van der Waals surface area (Å²) in [5, 5.41) is 11.3. The van der Waals surface area contributed by atoms with Gasteiger partial charge in [0.15, 0.2) is 6.29 Å². The minimum atomic E-state index is -0.692. The van der Waals surface area contributed by atoms with E-state index in [1.54, 1.807) is 0 Å². The molecular formula is C17H29NO3. The molecule has 1 aliphatic heterocycles. The van der Waals surface area contributed by atoms with Crippen molar-refractivity contribution in [2.75, 3.05) is 19.7 Å². The Morgan fingerprint density at radius 3 is 2.81 bits per heavy atom. The monoisotopic (exact) mass is 295 g/mol. The quantitative estimate of drug-likeness (QED) is 0.402. The van der Waals surface area contributed by atoms with Crippen molar-refractivity contribution in [3.8, 4) is 0 Å². The van der Waals surface area contributed by atoms with E-state index in [0.29, 0.717) is 18.9 Å². The van der Waals surface area contributed by atoms with E-state index in [0.717, 1.165) is 37.3 Å². The van der Waals surface area contributed by atoms with Gasteiger partial charge in [0.2, 0.25) is 0 Å². The number of ether oxygens (including phenoxy) is 1. The van der Waals surface area contributed by atoms with E-state index in [-0.39, 0.29) is 0 Å². The lowest BCUT2D eigenvalue weighted by molar-refractivity contribution is -0.256. The molecule has 1 N–H and O–H groups in total. The van der Waals surface area contributed by atoms with Crippen molar-refractivity contribution >= 4 is 0 Å². The molecule has 0 aliphatic carbocycles. The summed E-state index contributed by atoms with van der Waals surface area (Å²) in [6.45, 7) is 12.1. The summed E-state index contributed by atoms with van der Waals surface area (Å²) in [4.78, 5) is 5.42. The highest BCUT2D eigenvalue weighted by atomic mass is 16.8. The molecule has 0 spiro atoms. The summed E-state index contributed by atoms with van der Waals surface area (Å²) in [5.74, 6) is 1.44. The first kappa shape index (κ1) is 18.0. The molecule has 1 rings (SSSR count). The first-order chi connectivity index (χ1) is 10.1. The van der Waals surface area contributed by atoms with Crippen LogP contribution in [0.3, 0.4) is 0 Å². The van der Waals surface area contributed by atoms with Gasteiger partial charge in [-0.2, -0.15) is 5.06 Å². The van der Waals surface area contributed by atoms with E-state index < -0.39 is 6.29 Å². The maximum absolute atomic E-state index is 9.49. The van der Waals surface area contributed by atoms with E-state index in [4.69, 9.17) is 9.57 Å². The van der Waals surface area contributed by atoms with Crippen LogP contribution in [-0.4, -0.2) is 36.2 Å². The Labute approximate surface area is 128 Å². The van der Waals surface area contributed by atoms with Gasteiger partial charge >= 0.3 is 0 Å². The van der Waals surface area contributed by atoms with Gasteiger partial charge in [0, 0.05) is 25.4 Å². The Hall–Kier alpha value is -1.10. The number of nitrogens with zero attached hydrogens (tertiary/aromatic N) is 1. The average molecular weight is 295 g/mol. The Morgan fingerprint density at radius 2 is 2.19 bits per heavy atom. The van der Waals surface area contributed by atoms with Crippen molar-refractivity contribution in [3.63, 3.8) is 0 Å². The molecule has 0 radical (unpaired) electrons. The Bertz CT molecular complexity index is 376. The molecule has 1 unspecified atom stereocenters. The zero-order chi connectivity index (χ0) is 15.7. The number of hydrogen-bond donors (Lipinski definition) is 1. The SMILES string of the molecule is C=C/C(C)=C\C=C(/CC)OCC1CCN(O[C@@H](O)CC)C1. The predicted octanol–water partition coefficient (Wildman–Crippen LogP) is 3.41. The van der Waals surface area contributed by atoms with Gasteiger partial charge in [0.25, 0.3) is 0 Å². The lowest BCUT2D eigenvalue weighted by Crippen LogP contribution is -2.28. The summed E-state index contributed by atoms with van der Waals surface area (Å²) in [6, 6.07) is 0. The molecule has 0 amide bonds. The number of aliphatic hydroxyl groups excluding tert-OH is 1. The molecular weight excluding hydrogens is 266 g/mol. The third kappa shape index (κ3) is 6.93. The van der Waals surface area contributed by atoms with Crippen LogP contribution in [0.4, 0.5) is 0 Å². The average Bonchev–Trinajstić information content (AvgIpc) is 2.94. The molecule has 2 atom stereocenters. The van der Waals surface area contributed by atoms with Crippen molar-refractivity contribution in [1.29, 1.82) is 0 Å². The fourth-order valence-corrected chi connectivity index (χ4v) is 2.06. The Kier molecular flexibility index (Phi) is 8.35. The fourth-order valence-electron chi connectivity index (χ4n) is 2.06. The predicted molar refractivity (Wildman–Crippen MR) is 85.3 cm³/mol. The molecule has 1 saturated heterocycles. The summed E-state index contributed by atoms with van der Waals surface area (Å²) in [7, 11) is 0. The molecule has 0 aromatic heterocycles. The van der Waals surface area contributed by atoms with Gasteiger partial charge in [0.1, 0.15) is 0 Å². The first-order valence-corrected chi connectivity index (χ1v) is 7.81. The van der Waals surface area contributed by atoms with Crippen molar-refractivity contribution in [1.82, 2.24) is 5.06 Å². The zero-order valence-corrected chi connectivity index (χ0v) is 13.5. The van der Waals surface area contributed by atoms with Crippen molar-refractivity contribution in [2.24, 2.45) is 5.92 Å². The van der Waals surface area contributed by atoms with Gasteiger partial charge in [-0.05, 0) is 25.8 Å². The van der Waals surface area contributed by atoms with Crippen LogP contribution in [0.1, 0.15) is 40.0 Å². The second kappa shape index (κ2) is 9.77. The number of rotatable bonds is 9. The van der Waals surface area contributed by atoms with Crippen LogP contribution in [-0.2, 0) is 9.57 Å². The molecule has 1 aliphatic rings. The van der Waals surface area contributed by atoms with Gasteiger partial charge in [-0.1, -0.05) is 38.2 Å². The van der Waals surface area contributed by atoms with E-state index in [9.17, 15) is 5.11 Å². The zero-order valence-electron chi connectivity index (χ0n) is 13.5. The molecule has 0 bridgehead atoms. The molecule has 21 heavy (non-hydrogen) atoms. The van der Waals surface area contributed by atoms with Crippen LogP contribution in [0, 0.1) is 5.92 Å². The van der Waals surface area contributed by atoms with Crippen LogP contribution in [0.25, 0.3) is 0 Å². The maximum Gasteiger partial charge on any atom is 0.174 e. The molecule has 120 valence electrons. The van der Waals surface area contributed by atoms with Gasteiger partial charge in [0.05, 0.1) is 12.4 Å². The van der Waals surface area contributed by atoms with Crippen molar-refractivity contribution in [3.05, 3.63) is 36.1 Å². The molecule has 1 heterocycles. The number of hydrogen-bond acceptors (Lipinski definition) is 4. The van der Waals surface area contributed by atoms with E-state index in [1.807, 2.05) is 37.1 Å². The van der Waals surface area contributed by atoms with Crippen LogP contribution >= 0.6 is 0 Å². The van der Waals surface area contributed by atoms with Crippen molar-refractivity contribution < 1.29 is 14.7 Å². The topological polar surface area (TPSA) is 41.9 Å². The summed E-state index contributed by atoms with van der Waals surface area (Å²) < 4.78 is 5.89. The second-order valence-electron chi connectivity index (χ2n) is 5.42. The van der Waals surface area contributed by atoms with Crippen molar-refractivity contribution in [2.45, 2.75) is 46.3 Å². The smallest absolute Gasteiger partial charge is 0.174 e. The van der Waals surface area contributed by atoms with E-state index in [1.165, 1.54) is 0 Å². The fraction of sp³-hybridized carbons (Fsp3) is 0.647. The molecule has 0 saturated carbocycles. The first-order valence-electron chi connectivity index (χ1n) is 7.81. The van der Waals surface area contributed by atoms with Crippen LogP contribution in [0.2, 0.25) is 0 Å². The highest BCUT2D eigenvalue weighted by molar-refractivity contribution is 5.21. The standard InChI is InChI=1S/C17H29NO3/c1-5-14(4)8-9-16(6-2)20-13-15-10-11-18(12-15)21-17(19)7-3/h5,8-9,15,17,19H,1,6-7,10-13H2,2-4H3/b14-8-,16-9+/t15?,17-/m1/s1. The normalized spacial score (nSPS) is 22.4. The number of allylic oxidation sites excluding steroid dienone is 5. The molecule has 1 fully saturated rings. The van der Waals surface area contributed by atoms with Crippen LogP contribution < -0.4 is 0 Å². The van der Waals surface area contributed by atoms with Crippen LogP contribution in [0.15, 0.2) is 36.1 Å². The number of aliphatic hydroxyl groups is 1. The highest BCUT2D eigenvalue weighted by Gasteiger charge is 2.25. The molecule has 4 nitrogen and oxygen atoms in total. The summed E-state index contributed by atoms with van der Waals surface area (Å²) >= 11 is 0. The maximum atomic E-state index is 9.49. The molecule has 0 aromatic carbocycles. The minimum absolute atomic E-state index is 0.452. The second-order valence-corrected chi connectivity index (χ2v) is 5.42. The van der Waals surface area contributed by atoms with E-state index in [2.05, 4.69) is 13.5 Å². The largest absolute Gasteiger partial charge is 0.498 e. The van der Waals surface area contributed by atoms with Crippen LogP contribution in [0.5, 0.6) is 0 Å². The Morgan fingerprint density at radius 1 is 1.43 bits per heavy atom. The number of hydroxylamine groups is 2. The van der Waals surface area contributed by atoms with Gasteiger partial charge < -0.3 is 9.84 Å². The highest BCUT2D eigenvalue weighted by Crippen LogP contribution is 2.19. The Balaban J connectivity index is 2.36. The molecule has 0 aromatic rings. The summed E-state index contributed by atoms with van der Waals surface area (Å²) in [5.41, 5.74) is 1.12. The third-order valence-corrected chi connectivity index (χ3v) is 3.58. The molecule has 4 heteroatoms. The minimum Gasteiger partial charge on any atom is -0.498 e. The van der Waals surface area contributed by atoms with Gasteiger partial charge in [-0.3, -0.25) is 4.84 Å². The van der Waals surface area contributed by atoms with Gasteiger partial charge in [-0.25, -0.2) is 0 Å². The lowest BCUT2D eigenvalue weighted by atomic mass is 10.1. The summed E-state index contributed by atoms with van der Waals surface area (Å²) in [6.07, 6.45) is 7.69.